The first-order valence-corrected chi connectivity index (χ1v) is 10.9. The molecule has 3 nitrogen and oxygen atoms in total. The van der Waals surface area contributed by atoms with Crippen LogP contribution in [0.1, 0.15) is 40.5 Å². The fraction of sp³-hybridized carbons (Fsp3) is 0.421. The van der Waals surface area contributed by atoms with Gasteiger partial charge in [0, 0.05) is 34.3 Å². The number of thiophene rings is 2. The predicted molar refractivity (Wildman–Crippen MR) is 110 cm³/mol. The molecule has 0 aromatic carbocycles. The molecule has 0 bridgehead atoms. The van der Waals surface area contributed by atoms with Crippen molar-refractivity contribution in [1.82, 2.24) is 4.98 Å². The summed E-state index contributed by atoms with van der Waals surface area (Å²) in [4.78, 5) is 6.96. The van der Waals surface area contributed by atoms with Crippen molar-refractivity contribution in [3.05, 3.63) is 44.1 Å². The topological polar surface area (TPSA) is 50.9 Å². The van der Waals surface area contributed by atoms with Crippen molar-refractivity contribution in [3.63, 3.8) is 0 Å². The Hall–Kier alpha value is -1.21. The predicted octanol–water partition coefficient (Wildman–Crippen LogP) is 5.86. The van der Waals surface area contributed by atoms with E-state index < -0.39 is 12.2 Å². The Morgan fingerprint density at radius 2 is 2.27 bits per heavy atom. The first-order chi connectivity index (χ1) is 12.5. The smallest absolute Gasteiger partial charge is 0.131 e. The van der Waals surface area contributed by atoms with Gasteiger partial charge in [-0.05, 0) is 43.2 Å². The van der Waals surface area contributed by atoms with E-state index in [0.29, 0.717) is 11.6 Å². The Kier molecular flexibility index (Phi) is 5.19. The molecule has 138 valence electrons. The minimum absolute atomic E-state index is 0.0573. The second kappa shape index (κ2) is 7.43. The molecule has 3 N–H and O–H groups in total. The third-order valence-corrected chi connectivity index (χ3v) is 7.64. The largest absolute Gasteiger partial charge is 0.379 e. The third-order valence-electron chi connectivity index (χ3n) is 5.13. The van der Waals surface area contributed by atoms with Gasteiger partial charge in [-0.1, -0.05) is 17.7 Å². The molecule has 1 fully saturated rings. The van der Waals surface area contributed by atoms with E-state index in [1.165, 1.54) is 4.88 Å². The number of anilines is 1. The van der Waals surface area contributed by atoms with E-state index >= 15 is 0 Å². The number of fused-ring (bicyclic) bond motifs is 1. The van der Waals surface area contributed by atoms with Gasteiger partial charge < -0.3 is 11.1 Å². The van der Waals surface area contributed by atoms with E-state index in [2.05, 4.69) is 28.7 Å². The number of nitrogens with one attached hydrogen (secondary N) is 1. The Morgan fingerprint density at radius 1 is 1.42 bits per heavy atom. The van der Waals surface area contributed by atoms with Gasteiger partial charge >= 0.3 is 0 Å². The lowest BCUT2D eigenvalue weighted by Crippen LogP contribution is -2.40. The monoisotopic (exact) mass is 409 g/mol. The zero-order valence-electron chi connectivity index (χ0n) is 14.5. The van der Waals surface area contributed by atoms with Gasteiger partial charge in [-0.25, -0.2) is 9.37 Å². The maximum Gasteiger partial charge on any atom is 0.131 e. The molecule has 0 spiro atoms. The highest BCUT2D eigenvalue weighted by molar-refractivity contribution is 7.20. The molecule has 0 unspecified atom stereocenters. The van der Waals surface area contributed by atoms with E-state index in [9.17, 15) is 4.39 Å². The van der Waals surface area contributed by atoms with Gasteiger partial charge in [0.25, 0.3) is 0 Å². The van der Waals surface area contributed by atoms with Crippen molar-refractivity contribution in [2.45, 2.75) is 50.9 Å². The molecule has 3 heterocycles. The molecule has 0 amide bonds. The molecule has 0 saturated heterocycles. The summed E-state index contributed by atoms with van der Waals surface area (Å²) < 4.78 is 15.2. The summed E-state index contributed by atoms with van der Waals surface area (Å²) in [6.45, 7) is 2.80. The summed E-state index contributed by atoms with van der Waals surface area (Å²) in [5, 5.41) is 6.02. The van der Waals surface area contributed by atoms with Gasteiger partial charge in [0.2, 0.25) is 0 Å². The molecule has 1 aliphatic rings. The zero-order valence-corrected chi connectivity index (χ0v) is 16.9. The van der Waals surface area contributed by atoms with Crippen molar-refractivity contribution >= 4 is 50.2 Å². The molecular weight excluding hydrogens is 389 g/mol. The van der Waals surface area contributed by atoms with Crippen LogP contribution in [0.15, 0.2) is 23.6 Å². The molecule has 4 rings (SSSR count). The average molecular weight is 410 g/mol. The fourth-order valence-corrected chi connectivity index (χ4v) is 5.99. The molecule has 3 atom stereocenters. The van der Waals surface area contributed by atoms with E-state index in [4.69, 9.17) is 17.3 Å². The van der Waals surface area contributed by atoms with Gasteiger partial charge in [-0.2, -0.15) is 0 Å². The zero-order chi connectivity index (χ0) is 18.3. The van der Waals surface area contributed by atoms with Crippen LogP contribution in [0.25, 0.3) is 10.2 Å². The number of nitrogens with zero attached hydrogens (tertiary/aromatic N) is 1. The van der Waals surface area contributed by atoms with Crippen molar-refractivity contribution in [2.24, 2.45) is 5.73 Å². The van der Waals surface area contributed by atoms with Gasteiger partial charge in [0.1, 0.15) is 11.3 Å². The molecule has 1 saturated carbocycles. The van der Waals surface area contributed by atoms with Crippen LogP contribution in [-0.4, -0.2) is 17.2 Å². The first kappa shape index (κ1) is 18.2. The van der Waals surface area contributed by atoms with Crippen LogP contribution in [0.5, 0.6) is 0 Å². The standard InChI is InChI=1S/C19H21ClFN3S2/c1-10-17-19(26-18(10)12-5-2-6-13(21)16(12)22)14(8-15(20)24-17)23-9-11-4-3-7-25-11/h3-4,7-8,12-13,16H,2,5-6,9,22H2,1H3,(H,23,24)/t12-,13+,16+/m0/s1. The lowest BCUT2D eigenvalue weighted by molar-refractivity contribution is 0.198. The number of aryl methyl sites for hydroxylation is 1. The SMILES string of the molecule is Cc1c([C@H]2CCC[C@@H](F)[C@@H]2N)sc2c(NCc3cccs3)cc(Cl)nc12. The second-order valence-electron chi connectivity index (χ2n) is 6.83. The minimum atomic E-state index is -0.925. The van der Waals surface area contributed by atoms with Crippen LogP contribution >= 0.6 is 34.3 Å². The third kappa shape index (κ3) is 3.36. The quantitative estimate of drug-likeness (QED) is 0.530. The van der Waals surface area contributed by atoms with Gasteiger partial charge in [0.15, 0.2) is 0 Å². The lowest BCUT2D eigenvalue weighted by Gasteiger charge is -2.31. The highest BCUT2D eigenvalue weighted by Crippen LogP contribution is 2.44. The normalized spacial score (nSPS) is 23.5. The molecule has 26 heavy (non-hydrogen) atoms. The molecule has 3 aromatic rings. The summed E-state index contributed by atoms with van der Waals surface area (Å²) in [5.41, 5.74) is 9.17. The molecule has 0 radical (unpaired) electrons. The highest BCUT2D eigenvalue weighted by atomic mass is 35.5. The van der Waals surface area contributed by atoms with Crippen LogP contribution < -0.4 is 11.1 Å². The number of halogens is 2. The Bertz CT molecular complexity index is 909. The minimum Gasteiger partial charge on any atom is -0.379 e. The number of hydrogen-bond acceptors (Lipinski definition) is 5. The van der Waals surface area contributed by atoms with E-state index in [-0.39, 0.29) is 5.92 Å². The maximum atomic E-state index is 14.2. The molecule has 0 aliphatic heterocycles. The van der Waals surface area contributed by atoms with Crippen molar-refractivity contribution in [3.8, 4) is 0 Å². The van der Waals surface area contributed by atoms with E-state index in [0.717, 1.165) is 45.7 Å². The van der Waals surface area contributed by atoms with Crippen molar-refractivity contribution in [2.75, 3.05) is 5.32 Å². The maximum absolute atomic E-state index is 14.2. The number of hydrogen-bond donors (Lipinski definition) is 2. The summed E-state index contributed by atoms with van der Waals surface area (Å²) in [7, 11) is 0. The lowest BCUT2D eigenvalue weighted by atomic mass is 9.82. The second-order valence-corrected chi connectivity index (χ2v) is 9.30. The van der Waals surface area contributed by atoms with Gasteiger partial charge in [0.05, 0.1) is 15.9 Å². The van der Waals surface area contributed by atoms with Crippen LogP contribution in [0.2, 0.25) is 5.15 Å². The number of pyridine rings is 1. The summed E-state index contributed by atoms with van der Waals surface area (Å²) in [6.07, 6.45) is 1.46. The molecule has 3 aromatic heterocycles. The summed E-state index contributed by atoms with van der Waals surface area (Å²) in [6, 6.07) is 5.58. The average Bonchev–Trinajstić information content (AvgIpc) is 3.24. The summed E-state index contributed by atoms with van der Waals surface area (Å²) in [5.74, 6) is 0.0573. The number of alkyl halides is 1. The number of rotatable bonds is 4. The van der Waals surface area contributed by atoms with E-state index in [1.54, 1.807) is 22.7 Å². The van der Waals surface area contributed by atoms with E-state index in [1.807, 2.05) is 12.1 Å². The van der Waals surface area contributed by atoms with Crippen molar-refractivity contribution < 1.29 is 4.39 Å². The fourth-order valence-electron chi connectivity index (χ4n) is 3.72. The summed E-state index contributed by atoms with van der Waals surface area (Å²) >= 11 is 9.67. The van der Waals surface area contributed by atoms with Crippen molar-refractivity contribution in [1.29, 1.82) is 0 Å². The Morgan fingerprint density at radius 3 is 3.04 bits per heavy atom. The van der Waals surface area contributed by atoms with Crippen LogP contribution in [0, 0.1) is 6.92 Å². The first-order valence-electron chi connectivity index (χ1n) is 8.80. The number of nitrogens with two attached hydrogens (primary N) is 1. The Labute approximate surface area is 165 Å². The van der Waals surface area contributed by atoms with Crippen LogP contribution in [-0.2, 0) is 6.54 Å². The molecule has 1 aliphatic carbocycles. The number of aromatic nitrogens is 1. The molecular formula is C19H21ClFN3S2. The van der Waals surface area contributed by atoms with Crippen LogP contribution in [0.4, 0.5) is 10.1 Å². The van der Waals surface area contributed by atoms with Crippen LogP contribution in [0.3, 0.4) is 0 Å². The van der Waals surface area contributed by atoms with Gasteiger partial charge in [-0.3, -0.25) is 0 Å². The highest BCUT2D eigenvalue weighted by Gasteiger charge is 2.34. The van der Waals surface area contributed by atoms with Gasteiger partial charge in [-0.15, -0.1) is 22.7 Å². The molecule has 7 heteroatoms. The Balaban J connectivity index is 1.72.